The van der Waals surface area contributed by atoms with Crippen LogP contribution in [0.1, 0.15) is 6.42 Å². The second kappa shape index (κ2) is 4.61. The van der Waals surface area contributed by atoms with Gasteiger partial charge >= 0.3 is 0 Å². The summed E-state index contributed by atoms with van der Waals surface area (Å²) in [5.41, 5.74) is -0.257. The number of nitrogens with one attached hydrogen (secondary N) is 1. The van der Waals surface area contributed by atoms with Crippen LogP contribution < -0.4 is 5.32 Å². The zero-order chi connectivity index (χ0) is 10.7. The molecule has 1 saturated heterocycles. The molecule has 1 aromatic rings. The van der Waals surface area contributed by atoms with Crippen LogP contribution in [-0.4, -0.2) is 41.2 Å². The van der Waals surface area contributed by atoms with E-state index < -0.39 is 0 Å². The quantitative estimate of drug-likeness (QED) is 0.875. The van der Waals surface area contributed by atoms with Crippen LogP contribution in [0.3, 0.4) is 0 Å². The molecule has 1 fully saturated rings. The van der Waals surface area contributed by atoms with Crippen LogP contribution in [0.2, 0.25) is 5.15 Å². The van der Waals surface area contributed by atoms with Gasteiger partial charge in [0, 0.05) is 26.7 Å². The first-order valence-corrected chi connectivity index (χ1v) is 5.71. The molecule has 1 unspecified atom stereocenters. The van der Waals surface area contributed by atoms with Gasteiger partial charge in [0.05, 0.1) is 18.3 Å². The van der Waals surface area contributed by atoms with Crippen LogP contribution in [0.5, 0.6) is 0 Å². The van der Waals surface area contributed by atoms with Crippen LogP contribution in [0.4, 0.5) is 5.82 Å². The highest BCUT2D eigenvalue weighted by Crippen LogP contribution is 2.24. The molecule has 0 aliphatic carbocycles. The highest BCUT2D eigenvalue weighted by atomic mass is 35.5. The molecule has 0 radical (unpaired) electrons. The van der Waals surface area contributed by atoms with Crippen LogP contribution >= 0.6 is 23.3 Å². The Balaban J connectivity index is 1.94. The molecule has 0 spiro atoms. The first kappa shape index (κ1) is 11.1. The van der Waals surface area contributed by atoms with Gasteiger partial charge in [0.15, 0.2) is 11.0 Å². The Hall–Kier alpha value is -0.430. The van der Waals surface area contributed by atoms with Crippen LogP contribution in [0.15, 0.2) is 0 Å². The van der Waals surface area contributed by atoms with E-state index in [1.54, 1.807) is 7.11 Å². The Kier molecular flexibility index (Phi) is 3.40. The summed E-state index contributed by atoms with van der Waals surface area (Å²) in [6.07, 6.45) is 0.881. The minimum atomic E-state index is -0.257. The summed E-state index contributed by atoms with van der Waals surface area (Å²) in [6.45, 7) is 1.97. The summed E-state index contributed by atoms with van der Waals surface area (Å²) in [5, 5.41) is 3.53. The number of rotatable bonds is 4. The average molecular weight is 250 g/mol. The van der Waals surface area contributed by atoms with Crippen molar-refractivity contribution >= 4 is 29.1 Å². The van der Waals surface area contributed by atoms with E-state index in [9.17, 15) is 0 Å². The lowest BCUT2D eigenvalue weighted by Gasteiger charge is -2.25. The van der Waals surface area contributed by atoms with Crippen LogP contribution in [0.25, 0.3) is 0 Å². The van der Waals surface area contributed by atoms with E-state index in [2.05, 4.69) is 14.1 Å². The Morgan fingerprint density at radius 3 is 3.07 bits per heavy atom. The predicted octanol–water partition coefficient (Wildman–Crippen LogP) is 1.41. The molecule has 1 N–H and O–H groups in total. The van der Waals surface area contributed by atoms with E-state index in [1.165, 1.54) is 0 Å². The Labute approximate surface area is 97.1 Å². The van der Waals surface area contributed by atoms with Crippen LogP contribution in [0, 0.1) is 0 Å². The van der Waals surface area contributed by atoms with Crippen LogP contribution in [-0.2, 0) is 9.47 Å². The molecule has 0 aromatic carbocycles. The molecule has 7 heteroatoms. The van der Waals surface area contributed by atoms with Crippen molar-refractivity contribution in [3.05, 3.63) is 5.15 Å². The first-order chi connectivity index (χ1) is 7.26. The summed E-state index contributed by atoms with van der Waals surface area (Å²) in [7, 11) is 1.69. The van der Waals surface area contributed by atoms with Gasteiger partial charge in [0.1, 0.15) is 5.60 Å². The summed E-state index contributed by atoms with van der Waals surface area (Å²) in [6, 6.07) is 0. The third kappa shape index (κ3) is 2.39. The molecule has 1 aliphatic rings. The van der Waals surface area contributed by atoms with Crippen molar-refractivity contribution < 1.29 is 9.47 Å². The van der Waals surface area contributed by atoms with E-state index in [4.69, 9.17) is 21.1 Å². The third-order valence-corrected chi connectivity index (χ3v) is 3.42. The highest BCUT2D eigenvalue weighted by Gasteiger charge is 2.35. The van der Waals surface area contributed by atoms with Gasteiger partial charge < -0.3 is 14.8 Å². The molecule has 5 nitrogen and oxygen atoms in total. The van der Waals surface area contributed by atoms with Crippen molar-refractivity contribution in [2.24, 2.45) is 0 Å². The normalized spacial score (nSPS) is 25.7. The van der Waals surface area contributed by atoms with Gasteiger partial charge in [-0.1, -0.05) is 11.6 Å². The van der Waals surface area contributed by atoms with Gasteiger partial charge in [0.2, 0.25) is 0 Å². The maximum atomic E-state index is 5.82. The van der Waals surface area contributed by atoms with Gasteiger partial charge in [-0.15, -0.1) is 0 Å². The summed E-state index contributed by atoms with van der Waals surface area (Å²) in [4.78, 5) is 0. The second-order valence-electron chi connectivity index (χ2n) is 3.45. The lowest BCUT2D eigenvalue weighted by atomic mass is 10.0. The maximum Gasteiger partial charge on any atom is 0.186 e. The fourth-order valence-corrected chi connectivity index (χ4v) is 2.17. The number of ether oxygens (including phenoxy) is 2. The van der Waals surface area contributed by atoms with Crippen molar-refractivity contribution in [2.45, 2.75) is 12.0 Å². The van der Waals surface area contributed by atoms with Gasteiger partial charge in [-0.25, -0.2) is 0 Å². The van der Waals surface area contributed by atoms with E-state index >= 15 is 0 Å². The average Bonchev–Trinajstić information content (AvgIpc) is 2.85. The van der Waals surface area contributed by atoms with Crippen molar-refractivity contribution in [3.63, 3.8) is 0 Å². The Morgan fingerprint density at radius 2 is 2.53 bits per heavy atom. The topological polar surface area (TPSA) is 56.3 Å². The zero-order valence-electron chi connectivity index (χ0n) is 8.33. The number of methoxy groups -OCH3 is 1. The molecule has 1 aromatic heterocycles. The van der Waals surface area contributed by atoms with Gasteiger partial charge in [-0.2, -0.15) is 8.75 Å². The number of hydrogen-bond donors (Lipinski definition) is 1. The Morgan fingerprint density at radius 1 is 1.67 bits per heavy atom. The lowest BCUT2D eigenvalue weighted by Crippen LogP contribution is -2.39. The minimum Gasteiger partial charge on any atom is -0.378 e. The van der Waals surface area contributed by atoms with Crippen molar-refractivity contribution in [2.75, 3.05) is 32.2 Å². The second-order valence-corrected chi connectivity index (χ2v) is 4.33. The predicted molar refractivity (Wildman–Crippen MR) is 58.6 cm³/mol. The fourth-order valence-electron chi connectivity index (χ4n) is 1.49. The molecule has 0 bridgehead atoms. The minimum absolute atomic E-state index is 0.257. The van der Waals surface area contributed by atoms with E-state index in [-0.39, 0.29) is 5.60 Å². The van der Waals surface area contributed by atoms with Crippen molar-refractivity contribution in [1.29, 1.82) is 0 Å². The smallest absolute Gasteiger partial charge is 0.186 e. The molecular formula is C8H12ClN3O2S. The first-order valence-electron chi connectivity index (χ1n) is 4.61. The van der Waals surface area contributed by atoms with E-state index in [1.807, 2.05) is 0 Å². The van der Waals surface area contributed by atoms with E-state index in [0.717, 1.165) is 24.8 Å². The largest absolute Gasteiger partial charge is 0.378 e. The van der Waals surface area contributed by atoms with Crippen molar-refractivity contribution in [3.8, 4) is 0 Å². The van der Waals surface area contributed by atoms with Gasteiger partial charge in [-0.3, -0.25) is 0 Å². The summed E-state index contributed by atoms with van der Waals surface area (Å²) < 4.78 is 18.7. The number of aromatic nitrogens is 2. The van der Waals surface area contributed by atoms with Crippen molar-refractivity contribution in [1.82, 2.24) is 8.75 Å². The lowest BCUT2D eigenvalue weighted by molar-refractivity contribution is -0.00624. The van der Waals surface area contributed by atoms with Gasteiger partial charge in [-0.05, 0) is 0 Å². The molecule has 15 heavy (non-hydrogen) atoms. The molecule has 84 valence electrons. The molecule has 2 heterocycles. The summed E-state index contributed by atoms with van der Waals surface area (Å²) >= 11 is 6.90. The zero-order valence-corrected chi connectivity index (χ0v) is 9.90. The fraction of sp³-hybridized carbons (Fsp3) is 0.750. The molecular weight excluding hydrogens is 238 g/mol. The molecule has 1 aliphatic heterocycles. The number of nitrogens with zero attached hydrogens (tertiary/aromatic N) is 2. The maximum absolute atomic E-state index is 5.82. The SMILES string of the molecule is COC1(CNc2nsnc2Cl)CCOC1. The number of anilines is 1. The molecule has 0 amide bonds. The molecule has 2 rings (SSSR count). The Bertz CT molecular complexity index is 327. The summed E-state index contributed by atoms with van der Waals surface area (Å²) in [5.74, 6) is 0.616. The van der Waals surface area contributed by atoms with Gasteiger partial charge in [0.25, 0.3) is 0 Å². The third-order valence-electron chi connectivity index (χ3n) is 2.53. The monoisotopic (exact) mass is 249 g/mol. The number of hydrogen-bond acceptors (Lipinski definition) is 6. The highest BCUT2D eigenvalue weighted by molar-refractivity contribution is 6.99. The molecule has 1 atom stereocenters. The standard InChI is InChI=1S/C8H12ClN3O2S/c1-13-8(2-3-14-5-8)4-10-7-6(9)11-15-12-7/h2-5H2,1H3,(H,10,12). The molecule has 0 saturated carbocycles. The van der Waals surface area contributed by atoms with E-state index in [0.29, 0.717) is 24.1 Å². The number of halogens is 1.